The molecule has 0 amide bonds. The average molecular weight is 274 g/mol. The second-order valence-corrected chi connectivity index (χ2v) is 6.31. The minimum atomic E-state index is 0.777. The van der Waals surface area contributed by atoms with Crippen molar-refractivity contribution >= 4 is 0 Å². The summed E-state index contributed by atoms with van der Waals surface area (Å²) in [7, 11) is 0. The molecule has 1 saturated carbocycles. The van der Waals surface area contributed by atoms with Crippen LogP contribution < -0.4 is 10.5 Å². The van der Waals surface area contributed by atoms with Crippen LogP contribution in [-0.2, 0) is 6.54 Å². The van der Waals surface area contributed by atoms with Gasteiger partial charge in [-0.2, -0.15) is 0 Å². The molecule has 2 aliphatic rings. The smallest absolute Gasteiger partial charge is 0.123 e. The van der Waals surface area contributed by atoms with Gasteiger partial charge in [0, 0.05) is 25.2 Å². The van der Waals surface area contributed by atoms with Gasteiger partial charge in [-0.1, -0.05) is 18.2 Å². The molecule has 0 aromatic heterocycles. The van der Waals surface area contributed by atoms with Crippen molar-refractivity contribution in [3.63, 3.8) is 0 Å². The van der Waals surface area contributed by atoms with Gasteiger partial charge in [0.15, 0.2) is 0 Å². The van der Waals surface area contributed by atoms with Gasteiger partial charge in [-0.3, -0.25) is 4.90 Å². The number of rotatable bonds is 3. The fourth-order valence-corrected chi connectivity index (χ4v) is 3.55. The first-order chi connectivity index (χ1) is 9.85. The zero-order chi connectivity index (χ0) is 13.8. The SMILES string of the molecule is NCC1CCC(CN2CCOc3ccccc3C2)CC1. The highest BCUT2D eigenvalue weighted by molar-refractivity contribution is 5.33. The number of fused-ring (bicyclic) bond motifs is 1. The van der Waals surface area contributed by atoms with E-state index in [1.807, 2.05) is 0 Å². The van der Waals surface area contributed by atoms with E-state index in [-0.39, 0.29) is 0 Å². The van der Waals surface area contributed by atoms with Gasteiger partial charge in [-0.05, 0) is 50.1 Å². The van der Waals surface area contributed by atoms with Crippen LogP contribution in [0.3, 0.4) is 0 Å². The van der Waals surface area contributed by atoms with E-state index in [0.717, 1.165) is 43.8 Å². The third-order valence-corrected chi connectivity index (χ3v) is 4.85. The minimum Gasteiger partial charge on any atom is -0.492 e. The maximum Gasteiger partial charge on any atom is 0.123 e. The molecule has 3 heteroatoms. The molecule has 3 rings (SSSR count). The summed E-state index contributed by atoms with van der Waals surface area (Å²) in [5, 5.41) is 0. The van der Waals surface area contributed by atoms with E-state index in [0.29, 0.717) is 0 Å². The average Bonchev–Trinajstić information content (AvgIpc) is 2.69. The van der Waals surface area contributed by atoms with Crippen LogP contribution in [0.4, 0.5) is 0 Å². The Hall–Kier alpha value is -1.06. The summed E-state index contributed by atoms with van der Waals surface area (Å²) in [5.41, 5.74) is 7.11. The third-order valence-electron chi connectivity index (χ3n) is 4.85. The van der Waals surface area contributed by atoms with Gasteiger partial charge >= 0.3 is 0 Å². The van der Waals surface area contributed by atoms with Crippen molar-refractivity contribution < 1.29 is 4.74 Å². The largest absolute Gasteiger partial charge is 0.492 e. The summed E-state index contributed by atoms with van der Waals surface area (Å²) in [4.78, 5) is 2.57. The normalized spacial score (nSPS) is 27.4. The molecule has 110 valence electrons. The Bertz CT molecular complexity index is 427. The number of ether oxygens (including phenoxy) is 1. The quantitative estimate of drug-likeness (QED) is 0.921. The van der Waals surface area contributed by atoms with E-state index >= 15 is 0 Å². The second-order valence-electron chi connectivity index (χ2n) is 6.31. The Morgan fingerprint density at radius 2 is 1.85 bits per heavy atom. The van der Waals surface area contributed by atoms with Crippen LogP contribution in [0.2, 0.25) is 0 Å². The number of benzene rings is 1. The summed E-state index contributed by atoms with van der Waals surface area (Å²) in [6, 6.07) is 8.45. The lowest BCUT2D eigenvalue weighted by Crippen LogP contribution is -2.33. The summed E-state index contributed by atoms with van der Waals surface area (Å²) in [6.07, 6.45) is 5.34. The summed E-state index contributed by atoms with van der Waals surface area (Å²) in [5.74, 6) is 2.70. The molecule has 1 aliphatic carbocycles. The molecule has 1 aliphatic heterocycles. The highest BCUT2D eigenvalue weighted by Gasteiger charge is 2.23. The first-order valence-corrected chi connectivity index (χ1v) is 7.98. The Morgan fingerprint density at radius 1 is 1.10 bits per heavy atom. The van der Waals surface area contributed by atoms with Gasteiger partial charge in [0.05, 0.1) is 0 Å². The fraction of sp³-hybridized carbons (Fsp3) is 0.647. The standard InChI is InChI=1S/C17H26N2O/c18-11-14-5-7-15(8-6-14)12-19-9-10-20-17-4-2-1-3-16(17)13-19/h1-4,14-15H,5-13,18H2. The summed E-state index contributed by atoms with van der Waals surface area (Å²) < 4.78 is 5.84. The van der Waals surface area contributed by atoms with Crippen molar-refractivity contribution in [3.8, 4) is 5.75 Å². The fourth-order valence-electron chi connectivity index (χ4n) is 3.55. The van der Waals surface area contributed by atoms with E-state index in [9.17, 15) is 0 Å². The van der Waals surface area contributed by atoms with E-state index in [2.05, 4.69) is 29.2 Å². The van der Waals surface area contributed by atoms with E-state index in [1.165, 1.54) is 37.8 Å². The van der Waals surface area contributed by atoms with E-state index < -0.39 is 0 Å². The molecule has 20 heavy (non-hydrogen) atoms. The molecular formula is C17H26N2O. The number of para-hydroxylation sites is 1. The van der Waals surface area contributed by atoms with Crippen molar-refractivity contribution in [1.29, 1.82) is 0 Å². The van der Waals surface area contributed by atoms with Crippen LogP contribution in [-0.4, -0.2) is 31.1 Å². The Labute approximate surface area is 122 Å². The highest BCUT2D eigenvalue weighted by atomic mass is 16.5. The Kier molecular flexibility index (Phi) is 4.58. The highest BCUT2D eigenvalue weighted by Crippen LogP contribution is 2.30. The maximum absolute atomic E-state index is 5.84. The molecule has 1 heterocycles. The molecule has 1 aromatic carbocycles. The van der Waals surface area contributed by atoms with Gasteiger partial charge in [0.2, 0.25) is 0 Å². The van der Waals surface area contributed by atoms with Crippen molar-refractivity contribution in [2.75, 3.05) is 26.2 Å². The molecule has 1 aromatic rings. The lowest BCUT2D eigenvalue weighted by atomic mass is 9.82. The van der Waals surface area contributed by atoms with E-state index in [4.69, 9.17) is 10.5 Å². The first kappa shape index (κ1) is 13.9. The number of hydrogen-bond acceptors (Lipinski definition) is 3. The van der Waals surface area contributed by atoms with Gasteiger partial charge in [-0.25, -0.2) is 0 Å². The Morgan fingerprint density at radius 3 is 2.65 bits per heavy atom. The molecule has 1 fully saturated rings. The molecule has 2 N–H and O–H groups in total. The molecule has 0 atom stereocenters. The van der Waals surface area contributed by atoms with Crippen molar-refractivity contribution in [2.45, 2.75) is 32.2 Å². The monoisotopic (exact) mass is 274 g/mol. The van der Waals surface area contributed by atoms with Gasteiger partial charge in [0.25, 0.3) is 0 Å². The second kappa shape index (κ2) is 6.59. The number of hydrogen-bond donors (Lipinski definition) is 1. The lowest BCUT2D eigenvalue weighted by molar-refractivity contribution is 0.164. The van der Waals surface area contributed by atoms with Crippen molar-refractivity contribution in [3.05, 3.63) is 29.8 Å². The first-order valence-electron chi connectivity index (χ1n) is 7.98. The molecule has 0 saturated heterocycles. The van der Waals surface area contributed by atoms with Crippen LogP contribution in [0.25, 0.3) is 0 Å². The minimum absolute atomic E-state index is 0.777. The van der Waals surface area contributed by atoms with Gasteiger partial charge < -0.3 is 10.5 Å². The van der Waals surface area contributed by atoms with Crippen LogP contribution in [0.5, 0.6) is 5.75 Å². The summed E-state index contributed by atoms with van der Waals surface area (Å²) >= 11 is 0. The lowest BCUT2D eigenvalue weighted by Gasteiger charge is -2.31. The van der Waals surface area contributed by atoms with Crippen LogP contribution in [0.15, 0.2) is 24.3 Å². The molecule has 0 bridgehead atoms. The van der Waals surface area contributed by atoms with E-state index in [1.54, 1.807) is 0 Å². The zero-order valence-corrected chi connectivity index (χ0v) is 12.3. The topological polar surface area (TPSA) is 38.5 Å². The molecular weight excluding hydrogens is 248 g/mol. The molecule has 0 unspecified atom stereocenters. The van der Waals surface area contributed by atoms with Crippen molar-refractivity contribution in [2.24, 2.45) is 17.6 Å². The van der Waals surface area contributed by atoms with Crippen LogP contribution in [0.1, 0.15) is 31.2 Å². The Balaban J connectivity index is 1.56. The van der Waals surface area contributed by atoms with Crippen molar-refractivity contribution in [1.82, 2.24) is 4.90 Å². The molecule has 3 nitrogen and oxygen atoms in total. The van der Waals surface area contributed by atoms with Gasteiger partial charge in [0.1, 0.15) is 12.4 Å². The van der Waals surface area contributed by atoms with Gasteiger partial charge in [-0.15, -0.1) is 0 Å². The van der Waals surface area contributed by atoms with Crippen LogP contribution >= 0.6 is 0 Å². The predicted octanol–water partition coefficient (Wildman–Crippen LogP) is 2.65. The number of nitrogens with two attached hydrogens (primary N) is 1. The third kappa shape index (κ3) is 3.33. The molecule has 0 radical (unpaired) electrons. The maximum atomic E-state index is 5.84. The summed E-state index contributed by atoms with van der Waals surface area (Å²) in [6.45, 7) is 4.99. The predicted molar refractivity (Wildman–Crippen MR) is 81.7 cm³/mol. The van der Waals surface area contributed by atoms with Crippen LogP contribution in [0, 0.1) is 11.8 Å². The zero-order valence-electron chi connectivity index (χ0n) is 12.3. The molecule has 0 spiro atoms. The number of nitrogens with zero attached hydrogens (tertiary/aromatic N) is 1.